The van der Waals surface area contributed by atoms with Gasteiger partial charge in [0.1, 0.15) is 0 Å². The van der Waals surface area contributed by atoms with E-state index in [2.05, 4.69) is 17.2 Å². The Morgan fingerprint density at radius 2 is 2.12 bits per heavy atom. The Balaban J connectivity index is 1.94. The van der Waals surface area contributed by atoms with Crippen molar-refractivity contribution in [1.29, 1.82) is 0 Å². The van der Waals surface area contributed by atoms with Gasteiger partial charge in [-0.05, 0) is 31.4 Å². The maximum absolute atomic E-state index is 6.08. The molecular weight excluding hydrogens is 220 g/mol. The third kappa shape index (κ3) is 2.96. The number of nitrogens with zero attached hydrogens (tertiary/aromatic N) is 1. The zero-order chi connectivity index (χ0) is 11.4. The fourth-order valence-corrected chi connectivity index (χ4v) is 2.55. The van der Waals surface area contributed by atoms with Crippen LogP contribution in [0.2, 0.25) is 5.02 Å². The molecule has 1 fully saturated rings. The number of hydrogen-bond donors (Lipinski definition) is 1. The summed E-state index contributed by atoms with van der Waals surface area (Å²) in [7, 11) is 0. The molecule has 88 valence electrons. The second-order valence-electron chi connectivity index (χ2n) is 4.94. The van der Waals surface area contributed by atoms with Crippen LogP contribution < -0.4 is 5.32 Å². The zero-order valence-corrected chi connectivity index (χ0v) is 10.6. The topological polar surface area (TPSA) is 24.9 Å². The first-order chi connectivity index (χ1) is 7.70. The normalized spacial score (nSPS) is 19.6. The molecule has 0 aliphatic heterocycles. The highest BCUT2D eigenvalue weighted by molar-refractivity contribution is 6.31. The zero-order valence-electron chi connectivity index (χ0n) is 9.80. The van der Waals surface area contributed by atoms with Gasteiger partial charge in [-0.15, -0.1) is 0 Å². The molecule has 0 atom stereocenters. The van der Waals surface area contributed by atoms with Crippen molar-refractivity contribution in [2.45, 2.75) is 51.1 Å². The van der Waals surface area contributed by atoms with Gasteiger partial charge in [0.15, 0.2) is 0 Å². The van der Waals surface area contributed by atoms with Gasteiger partial charge in [-0.2, -0.15) is 0 Å². The lowest BCUT2D eigenvalue weighted by atomic mass is 9.83. The van der Waals surface area contributed by atoms with Crippen molar-refractivity contribution in [1.82, 2.24) is 10.3 Å². The smallest absolute Gasteiger partial charge is 0.0634 e. The number of hydrogen-bond acceptors (Lipinski definition) is 2. The summed E-state index contributed by atoms with van der Waals surface area (Å²) in [4.78, 5) is 4.00. The Bertz CT molecular complexity index is 346. The van der Waals surface area contributed by atoms with Gasteiger partial charge < -0.3 is 5.32 Å². The van der Waals surface area contributed by atoms with Gasteiger partial charge >= 0.3 is 0 Å². The molecule has 0 bridgehead atoms. The SMILES string of the molecule is CC1(NCc2ccncc2Cl)CCCCC1. The minimum absolute atomic E-state index is 0.296. The number of pyridine rings is 1. The van der Waals surface area contributed by atoms with E-state index in [1.54, 1.807) is 12.4 Å². The highest BCUT2D eigenvalue weighted by Gasteiger charge is 2.25. The molecule has 1 N–H and O–H groups in total. The molecule has 1 aromatic rings. The summed E-state index contributed by atoms with van der Waals surface area (Å²) in [5.41, 5.74) is 1.44. The van der Waals surface area contributed by atoms with Gasteiger partial charge in [0.25, 0.3) is 0 Å². The summed E-state index contributed by atoms with van der Waals surface area (Å²) >= 11 is 6.08. The molecule has 1 aliphatic carbocycles. The molecule has 2 rings (SSSR count). The molecule has 3 heteroatoms. The third-order valence-corrected chi connectivity index (χ3v) is 3.86. The first-order valence-electron chi connectivity index (χ1n) is 6.03. The van der Waals surface area contributed by atoms with E-state index in [1.165, 1.54) is 32.1 Å². The molecule has 0 aromatic carbocycles. The van der Waals surface area contributed by atoms with Crippen molar-refractivity contribution in [3.63, 3.8) is 0 Å². The van der Waals surface area contributed by atoms with Crippen LogP contribution in [0.5, 0.6) is 0 Å². The highest BCUT2D eigenvalue weighted by atomic mass is 35.5. The van der Waals surface area contributed by atoms with Crippen LogP contribution in [0, 0.1) is 0 Å². The fraction of sp³-hybridized carbons (Fsp3) is 0.615. The fourth-order valence-electron chi connectivity index (χ4n) is 2.36. The van der Waals surface area contributed by atoms with Crippen molar-refractivity contribution in [3.05, 3.63) is 29.0 Å². The lowest BCUT2D eigenvalue weighted by Gasteiger charge is -2.35. The largest absolute Gasteiger partial charge is 0.307 e. The summed E-state index contributed by atoms with van der Waals surface area (Å²) in [5.74, 6) is 0. The summed E-state index contributed by atoms with van der Waals surface area (Å²) in [6.45, 7) is 3.17. The Kier molecular flexibility index (Phi) is 3.82. The Morgan fingerprint density at radius 3 is 2.81 bits per heavy atom. The lowest BCUT2D eigenvalue weighted by Crippen LogP contribution is -2.43. The first kappa shape index (κ1) is 11.9. The predicted molar refractivity (Wildman–Crippen MR) is 67.6 cm³/mol. The van der Waals surface area contributed by atoms with E-state index in [1.807, 2.05) is 6.07 Å². The summed E-state index contributed by atoms with van der Waals surface area (Å²) in [5, 5.41) is 4.40. The Labute approximate surface area is 102 Å². The number of aromatic nitrogens is 1. The van der Waals surface area contributed by atoms with E-state index in [9.17, 15) is 0 Å². The Hall–Kier alpha value is -0.600. The highest BCUT2D eigenvalue weighted by Crippen LogP contribution is 2.28. The average Bonchev–Trinajstić information content (AvgIpc) is 2.29. The summed E-state index contributed by atoms with van der Waals surface area (Å²) in [6.07, 6.45) is 10.1. The first-order valence-corrected chi connectivity index (χ1v) is 6.41. The van der Waals surface area contributed by atoms with Gasteiger partial charge in [-0.1, -0.05) is 30.9 Å². The molecule has 1 aliphatic rings. The Morgan fingerprint density at radius 1 is 1.38 bits per heavy atom. The predicted octanol–water partition coefficient (Wildman–Crippen LogP) is 3.55. The molecule has 0 unspecified atom stereocenters. The van der Waals surface area contributed by atoms with E-state index in [4.69, 9.17) is 11.6 Å². The van der Waals surface area contributed by atoms with Gasteiger partial charge in [0.2, 0.25) is 0 Å². The van der Waals surface area contributed by atoms with E-state index in [-0.39, 0.29) is 0 Å². The summed E-state index contributed by atoms with van der Waals surface area (Å²) in [6, 6.07) is 1.99. The number of rotatable bonds is 3. The van der Waals surface area contributed by atoms with E-state index in [0.717, 1.165) is 17.1 Å². The van der Waals surface area contributed by atoms with E-state index < -0.39 is 0 Å². The number of halogens is 1. The van der Waals surface area contributed by atoms with Gasteiger partial charge in [-0.25, -0.2) is 0 Å². The van der Waals surface area contributed by atoms with Crippen LogP contribution >= 0.6 is 11.6 Å². The molecule has 0 radical (unpaired) electrons. The van der Waals surface area contributed by atoms with Crippen molar-refractivity contribution in [2.75, 3.05) is 0 Å². The molecule has 1 aromatic heterocycles. The molecule has 0 amide bonds. The van der Waals surface area contributed by atoms with E-state index in [0.29, 0.717) is 5.54 Å². The van der Waals surface area contributed by atoms with Gasteiger partial charge in [-0.3, -0.25) is 4.98 Å². The molecule has 0 spiro atoms. The van der Waals surface area contributed by atoms with Crippen molar-refractivity contribution < 1.29 is 0 Å². The van der Waals surface area contributed by atoms with Crippen molar-refractivity contribution >= 4 is 11.6 Å². The maximum atomic E-state index is 6.08. The molecule has 1 heterocycles. The molecule has 16 heavy (non-hydrogen) atoms. The monoisotopic (exact) mass is 238 g/mol. The molecular formula is C13H19ClN2. The van der Waals surface area contributed by atoms with Crippen LogP contribution in [0.3, 0.4) is 0 Å². The maximum Gasteiger partial charge on any atom is 0.0634 e. The van der Waals surface area contributed by atoms with Crippen LogP contribution in [-0.2, 0) is 6.54 Å². The van der Waals surface area contributed by atoms with Crippen LogP contribution in [0.25, 0.3) is 0 Å². The van der Waals surface area contributed by atoms with Crippen LogP contribution in [0.4, 0.5) is 0 Å². The minimum Gasteiger partial charge on any atom is -0.307 e. The molecule has 1 saturated carbocycles. The molecule has 2 nitrogen and oxygen atoms in total. The second-order valence-corrected chi connectivity index (χ2v) is 5.35. The van der Waals surface area contributed by atoms with Crippen LogP contribution in [-0.4, -0.2) is 10.5 Å². The minimum atomic E-state index is 0.296. The molecule has 0 saturated heterocycles. The standard InChI is InChI=1S/C13H19ClN2/c1-13(6-3-2-4-7-13)16-9-11-5-8-15-10-12(11)14/h5,8,10,16H,2-4,6-7,9H2,1H3. The summed E-state index contributed by atoms with van der Waals surface area (Å²) < 4.78 is 0. The van der Waals surface area contributed by atoms with Gasteiger partial charge in [0.05, 0.1) is 5.02 Å². The third-order valence-electron chi connectivity index (χ3n) is 3.52. The number of nitrogens with one attached hydrogen (secondary N) is 1. The van der Waals surface area contributed by atoms with E-state index >= 15 is 0 Å². The van der Waals surface area contributed by atoms with Crippen LogP contribution in [0.1, 0.15) is 44.6 Å². The van der Waals surface area contributed by atoms with Crippen molar-refractivity contribution in [3.8, 4) is 0 Å². The van der Waals surface area contributed by atoms with Crippen molar-refractivity contribution in [2.24, 2.45) is 0 Å². The van der Waals surface area contributed by atoms with Crippen LogP contribution in [0.15, 0.2) is 18.5 Å². The quantitative estimate of drug-likeness (QED) is 0.871. The lowest BCUT2D eigenvalue weighted by molar-refractivity contribution is 0.252. The average molecular weight is 239 g/mol. The van der Waals surface area contributed by atoms with Gasteiger partial charge in [0, 0.05) is 24.5 Å². The second kappa shape index (κ2) is 5.15.